The summed E-state index contributed by atoms with van der Waals surface area (Å²) in [5.41, 5.74) is 0.273. The topological polar surface area (TPSA) is 31.2 Å². The van der Waals surface area contributed by atoms with Gasteiger partial charge in [0.25, 0.3) is 6.43 Å². The minimum Gasteiger partial charge on any atom is -0.292 e. The predicted octanol–water partition coefficient (Wildman–Crippen LogP) is 0.904. The summed E-state index contributed by atoms with van der Waals surface area (Å²) in [6, 6.07) is -1.48. The average Bonchev–Trinajstić information content (AvgIpc) is 2.30. The Morgan fingerprint density at radius 2 is 2.36 bits per heavy atom. The summed E-state index contributed by atoms with van der Waals surface area (Å²) in [5.74, 6) is -0.581. The SMILES string of the molecule is CCC1=[C][N]C(C(F)F)C1=O. The molecule has 1 atom stereocenters. The fourth-order valence-corrected chi connectivity index (χ4v) is 0.864. The fraction of sp³-hybridized carbons (Fsp3) is 0.571. The smallest absolute Gasteiger partial charge is 0.268 e. The van der Waals surface area contributed by atoms with Crippen molar-refractivity contribution in [2.24, 2.45) is 0 Å². The Labute approximate surface area is 63.3 Å². The number of halogens is 2. The van der Waals surface area contributed by atoms with Crippen LogP contribution < -0.4 is 5.32 Å². The van der Waals surface area contributed by atoms with Crippen molar-refractivity contribution in [2.45, 2.75) is 25.8 Å². The molecule has 0 aliphatic carbocycles. The van der Waals surface area contributed by atoms with Gasteiger partial charge in [0.1, 0.15) is 0 Å². The van der Waals surface area contributed by atoms with Crippen LogP contribution in [0.15, 0.2) is 5.57 Å². The number of hydrogen-bond acceptors (Lipinski definition) is 1. The van der Waals surface area contributed by atoms with Crippen molar-refractivity contribution in [1.29, 1.82) is 0 Å². The quantitative estimate of drug-likeness (QED) is 0.589. The van der Waals surface area contributed by atoms with E-state index in [-0.39, 0.29) is 5.57 Å². The summed E-state index contributed by atoms with van der Waals surface area (Å²) in [4.78, 5) is 10.9. The Hall–Kier alpha value is -0.930. The van der Waals surface area contributed by atoms with Crippen LogP contribution in [0.25, 0.3) is 0 Å². The molecule has 60 valence electrons. The summed E-state index contributed by atoms with van der Waals surface area (Å²) in [7, 11) is 0. The van der Waals surface area contributed by atoms with Crippen LogP contribution in [0.1, 0.15) is 13.3 Å². The van der Waals surface area contributed by atoms with Gasteiger partial charge in [-0.05, 0) is 6.42 Å². The van der Waals surface area contributed by atoms with Gasteiger partial charge >= 0.3 is 0 Å². The van der Waals surface area contributed by atoms with E-state index in [4.69, 9.17) is 0 Å². The number of nitrogens with zero attached hydrogens (tertiary/aromatic N) is 1. The number of ketones is 1. The van der Waals surface area contributed by atoms with E-state index in [0.717, 1.165) is 0 Å². The minimum absolute atomic E-state index is 0.273. The van der Waals surface area contributed by atoms with Gasteiger partial charge in [-0.2, -0.15) is 0 Å². The third-order valence-corrected chi connectivity index (χ3v) is 1.50. The number of carbonyl (C=O) groups excluding carboxylic acids is 1. The lowest BCUT2D eigenvalue weighted by Crippen LogP contribution is -2.31. The van der Waals surface area contributed by atoms with Crippen molar-refractivity contribution in [2.75, 3.05) is 0 Å². The van der Waals surface area contributed by atoms with Crippen LogP contribution in [-0.2, 0) is 4.79 Å². The van der Waals surface area contributed by atoms with Crippen molar-refractivity contribution in [3.8, 4) is 0 Å². The molecule has 0 aromatic carbocycles. The summed E-state index contributed by atoms with van der Waals surface area (Å²) >= 11 is 0. The van der Waals surface area contributed by atoms with Gasteiger partial charge in [0.05, 0.1) is 6.20 Å². The van der Waals surface area contributed by atoms with E-state index in [1.165, 1.54) is 0 Å². The van der Waals surface area contributed by atoms with Gasteiger partial charge in [0.15, 0.2) is 11.8 Å². The second kappa shape index (κ2) is 2.98. The first-order valence-electron chi connectivity index (χ1n) is 3.31. The molecule has 0 saturated carbocycles. The summed E-state index contributed by atoms with van der Waals surface area (Å²) in [6.07, 6.45) is 0.0264. The maximum atomic E-state index is 11.9. The average molecular weight is 159 g/mol. The standard InChI is InChI=1S/C7H7F2NO/c1-2-4-3-10-5(6(4)11)7(8)9/h5,7H,2H2,1H3. The van der Waals surface area contributed by atoms with Gasteiger partial charge in [0.2, 0.25) is 0 Å². The van der Waals surface area contributed by atoms with Crippen LogP contribution in [0.4, 0.5) is 8.78 Å². The highest BCUT2D eigenvalue weighted by Crippen LogP contribution is 2.16. The Morgan fingerprint density at radius 3 is 2.64 bits per heavy atom. The molecule has 0 spiro atoms. The van der Waals surface area contributed by atoms with Crippen molar-refractivity contribution < 1.29 is 13.6 Å². The molecule has 4 heteroatoms. The second-order valence-corrected chi connectivity index (χ2v) is 2.22. The zero-order valence-corrected chi connectivity index (χ0v) is 5.97. The molecule has 1 rings (SSSR count). The third kappa shape index (κ3) is 1.39. The molecule has 0 N–H and O–H groups in total. The molecule has 0 fully saturated rings. The van der Waals surface area contributed by atoms with Crippen molar-refractivity contribution in [3.05, 3.63) is 11.8 Å². The van der Waals surface area contributed by atoms with E-state index in [1.54, 1.807) is 6.92 Å². The minimum atomic E-state index is -2.70. The molecule has 1 heterocycles. The van der Waals surface area contributed by atoms with E-state index < -0.39 is 18.3 Å². The van der Waals surface area contributed by atoms with Gasteiger partial charge in [-0.1, -0.05) is 6.92 Å². The number of Topliss-reactive ketones (excluding diaryl/α,β-unsaturated/α-hetero) is 1. The molecule has 2 radical (unpaired) electrons. The lowest BCUT2D eigenvalue weighted by Gasteiger charge is -2.04. The summed E-state index contributed by atoms with van der Waals surface area (Å²) in [5, 5.41) is 3.28. The zero-order chi connectivity index (χ0) is 8.43. The highest BCUT2D eigenvalue weighted by atomic mass is 19.3. The van der Waals surface area contributed by atoms with Gasteiger partial charge in [0, 0.05) is 5.57 Å². The Balaban J connectivity index is 2.64. The van der Waals surface area contributed by atoms with Gasteiger partial charge in [-0.25, -0.2) is 8.78 Å². The van der Waals surface area contributed by atoms with E-state index in [0.29, 0.717) is 6.42 Å². The number of carbonyl (C=O) groups is 1. The third-order valence-electron chi connectivity index (χ3n) is 1.50. The van der Waals surface area contributed by atoms with Gasteiger partial charge in [-0.15, -0.1) is 0 Å². The molecular weight excluding hydrogens is 152 g/mol. The monoisotopic (exact) mass is 159 g/mol. The predicted molar refractivity (Wildman–Crippen MR) is 34.0 cm³/mol. The maximum Gasteiger partial charge on any atom is 0.268 e. The second-order valence-electron chi connectivity index (χ2n) is 2.22. The molecule has 2 nitrogen and oxygen atoms in total. The number of alkyl halides is 2. The zero-order valence-electron chi connectivity index (χ0n) is 5.97. The normalized spacial score (nSPS) is 23.8. The Morgan fingerprint density at radius 1 is 1.73 bits per heavy atom. The van der Waals surface area contributed by atoms with Crippen LogP contribution in [0, 0.1) is 6.20 Å². The first kappa shape index (κ1) is 8.17. The maximum absolute atomic E-state index is 11.9. The van der Waals surface area contributed by atoms with Crippen molar-refractivity contribution in [3.63, 3.8) is 0 Å². The fourth-order valence-electron chi connectivity index (χ4n) is 0.864. The van der Waals surface area contributed by atoms with Crippen molar-refractivity contribution in [1.82, 2.24) is 5.32 Å². The molecule has 0 amide bonds. The highest BCUT2D eigenvalue weighted by molar-refractivity contribution is 6.01. The molecule has 1 aliphatic heterocycles. The van der Waals surface area contributed by atoms with E-state index in [2.05, 4.69) is 11.5 Å². The first-order valence-corrected chi connectivity index (χ1v) is 3.31. The molecule has 11 heavy (non-hydrogen) atoms. The molecule has 0 saturated heterocycles. The van der Waals surface area contributed by atoms with Crippen LogP contribution in [-0.4, -0.2) is 18.3 Å². The van der Waals surface area contributed by atoms with Crippen LogP contribution in [0.5, 0.6) is 0 Å². The van der Waals surface area contributed by atoms with E-state index in [1.807, 2.05) is 0 Å². The molecule has 0 aromatic rings. The number of hydrogen-bond donors (Lipinski definition) is 0. The molecule has 0 aromatic heterocycles. The highest BCUT2D eigenvalue weighted by Gasteiger charge is 2.35. The Kier molecular flexibility index (Phi) is 2.22. The van der Waals surface area contributed by atoms with Gasteiger partial charge < -0.3 is 0 Å². The molecule has 0 bridgehead atoms. The van der Waals surface area contributed by atoms with Crippen LogP contribution in [0.2, 0.25) is 0 Å². The number of rotatable bonds is 2. The van der Waals surface area contributed by atoms with E-state index >= 15 is 0 Å². The lowest BCUT2D eigenvalue weighted by molar-refractivity contribution is -0.119. The summed E-state index contributed by atoms with van der Waals surface area (Å²) in [6.45, 7) is 1.71. The summed E-state index contributed by atoms with van der Waals surface area (Å²) < 4.78 is 23.9. The first-order chi connectivity index (χ1) is 5.16. The largest absolute Gasteiger partial charge is 0.292 e. The molecule has 1 unspecified atom stereocenters. The van der Waals surface area contributed by atoms with Crippen LogP contribution >= 0.6 is 0 Å². The molecule has 1 aliphatic rings. The lowest BCUT2D eigenvalue weighted by atomic mass is 10.1. The molecular formula is C7H7F2NO. The Bertz CT molecular complexity index is 201. The van der Waals surface area contributed by atoms with E-state index in [9.17, 15) is 13.6 Å². The van der Waals surface area contributed by atoms with Crippen molar-refractivity contribution >= 4 is 5.78 Å². The van der Waals surface area contributed by atoms with Gasteiger partial charge in [-0.3, -0.25) is 10.1 Å². The van der Waals surface area contributed by atoms with Crippen LogP contribution in [0.3, 0.4) is 0 Å².